The average Bonchev–Trinajstić information content (AvgIpc) is 3.29. The highest BCUT2D eigenvalue weighted by Crippen LogP contribution is 2.31. The molecule has 3 heteroatoms. The van der Waals surface area contributed by atoms with Gasteiger partial charge in [-0.1, -0.05) is 37.5 Å². The smallest absolute Gasteiger partial charge is 0.126 e. The summed E-state index contributed by atoms with van der Waals surface area (Å²) >= 11 is 0. The van der Waals surface area contributed by atoms with E-state index in [9.17, 15) is 5.11 Å². The first-order chi connectivity index (χ1) is 10.2. The second kappa shape index (κ2) is 6.37. The van der Waals surface area contributed by atoms with Gasteiger partial charge in [0.1, 0.15) is 12.4 Å². The zero-order chi connectivity index (χ0) is 14.7. The molecule has 0 saturated heterocycles. The van der Waals surface area contributed by atoms with Gasteiger partial charge in [-0.3, -0.25) is 0 Å². The molecule has 1 aromatic rings. The highest BCUT2D eigenvalue weighted by molar-refractivity contribution is 5.40. The Morgan fingerprint density at radius 3 is 2.71 bits per heavy atom. The predicted molar refractivity (Wildman–Crippen MR) is 84.6 cm³/mol. The van der Waals surface area contributed by atoms with Crippen LogP contribution in [0.4, 0.5) is 0 Å². The van der Waals surface area contributed by atoms with E-state index in [1.165, 1.54) is 24.8 Å². The first-order valence-electron chi connectivity index (χ1n) is 8.33. The Hall–Kier alpha value is -1.06. The maximum Gasteiger partial charge on any atom is 0.126 e. The van der Waals surface area contributed by atoms with Crippen molar-refractivity contribution in [1.29, 1.82) is 0 Å². The second-order valence-electron chi connectivity index (χ2n) is 6.79. The molecule has 0 aliphatic heterocycles. The number of hydrogen-bond acceptors (Lipinski definition) is 3. The molecule has 0 radical (unpaired) electrons. The molecule has 0 atom stereocenters. The fourth-order valence-electron chi connectivity index (χ4n) is 3.16. The zero-order valence-corrected chi connectivity index (χ0v) is 13.0. The lowest BCUT2D eigenvalue weighted by molar-refractivity contribution is -0.0342. The number of aryl methyl sites for hydroxylation is 1. The standard InChI is InChI=1S/C18H27NO2/c1-14-6-5-7-15(12-19-16-8-9-16)17(14)21-13-18(20)10-3-2-4-11-18/h5-7,16,19-20H,2-4,8-13H2,1H3. The molecule has 0 unspecified atom stereocenters. The maximum absolute atomic E-state index is 10.6. The lowest BCUT2D eigenvalue weighted by Gasteiger charge is -2.32. The van der Waals surface area contributed by atoms with Crippen molar-refractivity contribution in [2.45, 2.75) is 70.1 Å². The van der Waals surface area contributed by atoms with E-state index < -0.39 is 5.60 Å². The van der Waals surface area contributed by atoms with Crippen LogP contribution in [0.1, 0.15) is 56.1 Å². The topological polar surface area (TPSA) is 41.5 Å². The fourth-order valence-corrected chi connectivity index (χ4v) is 3.16. The summed E-state index contributed by atoms with van der Waals surface area (Å²) < 4.78 is 6.07. The molecule has 0 amide bonds. The molecule has 0 spiro atoms. The molecule has 1 aromatic carbocycles. The Labute approximate surface area is 127 Å². The Balaban J connectivity index is 1.64. The molecule has 3 nitrogen and oxygen atoms in total. The van der Waals surface area contributed by atoms with Crippen LogP contribution in [-0.4, -0.2) is 23.4 Å². The average molecular weight is 289 g/mol. The second-order valence-corrected chi connectivity index (χ2v) is 6.79. The van der Waals surface area contributed by atoms with Crippen molar-refractivity contribution in [1.82, 2.24) is 5.32 Å². The quantitative estimate of drug-likeness (QED) is 0.844. The fraction of sp³-hybridized carbons (Fsp3) is 0.667. The highest BCUT2D eigenvalue weighted by atomic mass is 16.5. The number of para-hydroxylation sites is 1. The Kier molecular flexibility index (Phi) is 4.51. The molecule has 21 heavy (non-hydrogen) atoms. The van der Waals surface area contributed by atoms with E-state index in [1.54, 1.807) is 0 Å². The summed E-state index contributed by atoms with van der Waals surface area (Å²) in [6.07, 6.45) is 7.79. The van der Waals surface area contributed by atoms with Crippen molar-refractivity contribution >= 4 is 0 Å². The number of benzene rings is 1. The van der Waals surface area contributed by atoms with Crippen LogP contribution in [0.15, 0.2) is 18.2 Å². The summed E-state index contributed by atoms with van der Waals surface area (Å²) in [6, 6.07) is 6.99. The van der Waals surface area contributed by atoms with Crippen LogP contribution in [0, 0.1) is 6.92 Å². The molecule has 0 heterocycles. The number of ether oxygens (including phenoxy) is 1. The molecule has 2 aliphatic rings. The predicted octanol–water partition coefficient (Wildman–Crippen LogP) is 3.32. The first kappa shape index (κ1) is 14.9. The van der Waals surface area contributed by atoms with Crippen molar-refractivity contribution in [2.24, 2.45) is 0 Å². The molecule has 2 N–H and O–H groups in total. The van der Waals surface area contributed by atoms with Gasteiger partial charge in [0.05, 0.1) is 5.60 Å². The van der Waals surface area contributed by atoms with Crippen LogP contribution in [0.25, 0.3) is 0 Å². The van der Waals surface area contributed by atoms with E-state index in [1.807, 2.05) is 0 Å². The van der Waals surface area contributed by atoms with Crippen molar-refractivity contribution < 1.29 is 9.84 Å². The molecule has 116 valence electrons. The summed E-state index contributed by atoms with van der Waals surface area (Å²) in [4.78, 5) is 0. The van der Waals surface area contributed by atoms with Gasteiger partial charge in [-0.05, 0) is 38.2 Å². The van der Waals surface area contributed by atoms with E-state index in [4.69, 9.17) is 4.74 Å². The Bertz CT molecular complexity index is 476. The monoisotopic (exact) mass is 289 g/mol. The van der Waals surface area contributed by atoms with E-state index in [2.05, 4.69) is 30.4 Å². The van der Waals surface area contributed by atoms with E-state index in [0.29, 0.717) is 12.6 Å². The summed E-state index contributed by atoms with van der Waals surface area (Å²) in [5.74, 6) is 0.963. The van der Waals surface area contributed by atoms with Crippen LogP contribution in [0.5, 0.6) is 5.75 Å². The van der Waals surface area contributed by atoms with Crippen LogP contribution in [0.2, 0.25) is 0 Å². The highest BCUT2D eigenvalue weighted by Gasteiger charge is 2.30. The molecular weight excluding hydrogens is 262 g/mol. The van der Waals surface area contributed by atoms with Gasteiger partial charge < -0.3 is 15.2 Å². The molecular formula is C18H27NO2. The summed E-state index contributed by atoms with van der Waals surface area (Å²) in [6.45, 7) is 3.37. The van der Waals surface area contributed by atoms with Crippen molar-refractivity contribution in [2.75, 3.05) is 6.61 Å². The van der Waals surface area contributed by atoms with E-state index in [0.717, 1.165) is 43.5 Å². The van der Waals surface area contributed by atoms with Crippen LogP contribution >= 0.6 is 0 Å². The SMILES string of the molecule is Cc1cccc(CNC2CC2)c1OCC1(O)CCCCC1. The minimum Gasteiger partial charge on any atom is -0.490 e. The van der Waals surface area contributed by atoms with Gasteiger partial charge >= 0.3 is 0 Å². The lowest BCUT2D eigenvalue weighted by atomic mass is 9.85. The van der Waals surface area contributed by atoms with E-state index >= 15 is 0 Å². The van der Waals surface area contributed by atoms with E-state index in [-0.39, 0.29) is 0 Å². The number of hydrogen-bond donors (Lipinski definition) is 2. The maximum atomic E-state index is 10.6. The lowest BCUT2D eigenvalue weighted by Crippen LogP contribution is -2.38. The van der Waals surface area contributed by atoms with Crippen LogP contribution in [-0.2, 0) is 6.54 Å². The van der Waals surface area contributed by atoms with Gasteiger partial charge in [0.25, 0.3) is 0 Å². The summed E-state index contributed by atoms with van der Waals surface area (Å²) in [7, 11) is 0. The van der Waals surface area contributed by atoms with Crippen molar-refractivity contribution in [3.8, 4) is 5.75 Å². The third-order valence-corrected chi connectivity index (χ3v) is 4.72. The molecule has 3 rings (SSSR count). The van der Waals surface area contributed by atoms with Crippen LogP contribution < -0.4 is 10.1 Å². The zero-order valence-electron chi connectivity index (χ0n) is 13.0. The van der Waals surface area contributed by atoms with Crippen molar-refractivity contribution in [3.05, 3.63) is 29.3 Å². The minimum atomic E-state index is -0.623. The van der Waals surface area contributed by atoms with Gasteiger partial charge in [-0.25, -0.2) is 0 Å². The normalized spacial score (nSPS) is 21.2. The molecule has 2 saturated carbocycles. The number of rotatable bonds is 6. The summed E-state index contributed by atoms with van der Waals surface area (Å²) in [5, 5.41) is 14.1. The third-order valence-electron chi connectivity index (χ3n) is 4.72. The largest absolute Gasteiger partial charge is 0.490 e. The van der Waals surface area contributed by atoms with Crippen LogP contribution in [0.3, 0.4) is 0 Å². The third kappa shape index (κ3) is 3.98. The number of nitrogens with one attached hydrogen (secondary N) is 1. The van der Waals surface area contributed by atoms with Gasteiger partial charge in [0.2, 0.25) is 0 Å². The first-order valence-corrected chi connectivity index (χ1v) is 8.33. The Morgan fingerprint density at radius 2 is 2.00 bits per heavy atom. The van der Waals surface area contributed by atoms with Crippen molar-refractivity contribution in [3.63, 3.8) is 0 Å². The minimum absolute atomic E-state index is 0.425. The molecule has 0 bridgehead atoms. The number of aliphatic hydroxyl groups is 1. The van der Waals surface area contributed by atoms with Gasteiger partial charge in [0, 0.05) is 18.2 Å². The van der Waals surface area contributed by atoms with Gasteiger partial charge in [-0.15, -0.1) is 0 Å². The molecule has 2 fully saturated rings. The Morgan fingerprint density at radius 1 is 1.24 bits per heavy atom. The molecule has 0 aromatic heterocycles. The molecule has 2 aliphatic carbocycles. The van der Waals surface area contributed by atoms with Gasteiger partial charge in [0.15, 0.2) is 0 Å². The van der Waals surface area contributed by atoms with Gasteiger partial charge in [-0.2, -0.15) is 0 Å². The summed E-state index contributed by atoms with van der Waals surface area (Å²) in [5.41, 5.74) is 1.74.